The van der Waals surface area contributed by atoms with Gasteiger partial charge in [0, 0.05) is 50.1 Å². The molecule has 1 fully saturated rings. The van der Waals surface area contributed by atoms with Crippen LogP contribution < -0.4 is 14.8 Å². The van der Waals surface area contributed by atoms with E-state index in [-0.39, 0.29) is 44.9 Å². The number of carbonyl (C=O) groups is 5. The van der Waals surface area contributed by atoms with Crippen LogP contribution in [0.5, 0.6) is 11.5 Å². The van der Waals surface area contributed by atoms with Crippen molar-refractivity contribution < 1.29 is 53.1 Å². The average molecular weight is 595 g/mol. The quantitative estimate of drug-likeness (QED) is 0.184. The number of hydrogen-bond acceptors (Lipinski definition) is 10. The van der Waals surface area contributed by atoms with Gasteiger partial charge in [-0.2, -0.15) is 0 Å². The summed E-state index contributed by atoms with van der Waals surface area (Å²) in [7, 11) is 0. The summed E-state index contributed by atoms with van der Waals surface area (Å²) in [6, 6.07) is 4.71. The Balaban J connectivity index is 0.00000165. The number of nitrogens with zero attached hydrogens (tertiary/aromatic N) is 1. The van der Waals surface area contributed by atoms with Crippen LogP contribution >= 0.6 is 0 Å². The normalized spacial score (nSPS) is 19.1. The third kappa shape index (κ3) is 12.7. The minimum atomic E-state index is -1.20. The van der Waals surface area contributed by atoms with Crippen molar-refractivity contribution in [2.45, 2.75) is 85.4 Å². The van der Waals surface area contributed by atoms with Crippen molar-refractivity contribution in [3.8, 4) is 11.5 Å². The highest BCUT2D eigenvalue weighted by Crippen LogP contribution is 2.29. The third-order valence-electron chi connectivity index (χ3n) is 5.38. The number of carboxylic acid groups (broad SMARTS) is 1. The highest BCUT2D eigenvalue weighted by atomic mass is 16.7. The Hall–Kier alpha value is -3.97. The first-order valence-corrected chi connectivity index (χ1v) is 14.0. The first kappa shape index (κ1) is 36.1. The molecule has 0 aliphatic carbocycles. The van der Waals surface area contributed by atoms with Crippen LogP contribution in [0.1, 0.15) is 65.9 Å². The molecule has 42 heavy (non-hydrogen) atoms. The molecule has 3 amide bonds. The Morgan fingerprint density at radius 2 is 1.74 bits per heavy atom. The van der Waals surface area contributed by atoms with Crippen molar-refractivity contribution in [3.05, 3.63) is 35.9 Å². The molecular weight excluding hydrogens is 552 g/mol. The predicted molar refractivity (Wildman–Crippen MR) is 150 cm³/mol. The molecule has 0 aromatic heterocycles. The summed E-state index contributed by atoms with van der Waals surface area (Å²) in [6.07, 6.45) is 0.790. The maximum absolute atomic E-state index is 12.0. The Kier molecular flexibility index (Phi) is 16.5. The second kappa shape index (κ2) is 19.2. The van der Waals surface area contributed by atoms with Gasteiger partial charge in [0.2, 0.25) is 12.2 Å². The minimum Gasteiger partial charge on any atom is -0.493 e. The molecule has 1 aromatic carbocycles. The number of hydrogen-bond donors (Lipinski definition) is 3. The molecule has 2 aliphatic rings. The summed E-state index contributed by atoms with van der Waals surface area (Å²) in [6.45, 7) is 9.44. The van der Waals surface area contributed by atoms with Gasteiger partial charge in [0.25, 0.3) is 11.8 Å². The van der Waals surface area contributed by atoms with E-state index in [1.54, 1.807) is 12.1 Å². The fraction of sp³-hybridized carbons (Fsp3) is 0.552. The Morgan fingerprint density at radius 1 is 1.10 bits per heavy atom. The van der Waals surface area contributed by atoms with Crippen LogP contribution in [0.4, 0.5) is 0 Å². The second-order valence-corrected chi connectivity index (χ2v) is 9.04. The van der Waals surface area contributed by atoms with E-state index in [2.05, 4.69) is 19.2 Å². The van der Waals surface area contributed by atoms with Gasteiger partial charge < -0.3 is 34.5 Å². The third-order valence-corrected chi connectivity index (χ3v) is 5.38. The molecule has 0 unspecified atom stereocenters. The van der Waals surface area contributed by atoms with E-state index < -0.39 is 48.2 Å². The van der Waals surface area contributed by atoms with Crippen molar-refractivity contribution in [3.63, 3.8) is 0 Å². The van der Waals surface area contributed by atoms with E-state index in [0.29, 0.717) is 17.7 Å². The van der Waals surface area contributed by atoms with Gasteiger partial charge in [-0.3, -0.25) is 24.1 Å². The number of amides is 3. The zero-order chi connectivity index (χ0) is 31.7. The second-order valence-electron chi connectivity index (χ2n) is 9.04. The largest absolute Gasteiger partial charge is 0.493 e. The molecule has 1 aromatic rings. The van der Waals surface area contributed by atoms with E-state index in [4.69, 9.17) is 18.9 Å². The number of carbonyl (C=O) groups excluding carboxylic acids is 4. The highest BCUT2D eigenvalue weighted by molar-refractivity contribution is 6.14. The summed E-state index contributed by atoms with van der Waals surface area (Å²) < 4.78 is 21.9. The first-order valence-electron chi connectivity index (χ1n) is 14.0. The summed E-state index contributed by atoms with van der Waals surface area (Å²) in [5, 5.41) is 21.7. The molecule has 2 heterocycles. The van der Waals surface area contributed by atoms with Gasteiger partial charge in [0.1, 0.15) is 24.7 Å². The number of esters is 1. The topological polar surface area (TPSA) is 178 Å². The maximum Gasteiger partial charge on any atom is 0.333 e. The van der Waals surface area contributed by atoms with Crippen LogP contribution in [-0.2, 0) is 40.1 Å². The summed E-state index contributed by atoms with van der Waals surface area (Å²) in [5.41, 5.74) is 0.540. The lowest BCUT2D eigenvalue weighted by Gasteiger charge is -2.31. The number of aliphatic hydroxyl groups is 1. The van der Waals surface area contributed by atoms with E-state index in [0.717, 1.165) is 17.1 Å². The monoisotopic (exact) mass is 594 g/mol. The zero-order valence-corrected chi connectivity index (χ0v) is 24.8. The molecule has 1 saturated heterocycles. The van der Waals surface area contributed by atoms with Crippen LogP contribution in [0.15, 0.2) is 30.4 Å². The standard InChI is InChI=1S/C24H28N2O11.C3H8.C2H6/c1-14(27)35-13-15-3-4-17(36-23-10-16(28)9-19(37-23)24(32)33)11-18(15)34-8-2-7-25-20(29)12-26-21(30)5-6-22(26)31;1-3-2;1-2/h3-6,11,16,19,23,28H,2,7-10,12-13H2,1H3,(H,25,29)(H,32,33);3H2,1-2H3;1-2H3/t16-,19-,23+;;/m0../s1. The molecule has 0 bridgehead atoms. The van der Waals surface area contributed by atoms with Crippen LogP contribution in [0.3, 0.4) is 0 Å². The molecule has 234 valence electrons. The van der Waals surface area contributed by atoms with E-state index in [1.165, 1.54) is 19.4 Å². The Labute approximate surface area is 245 Å². The fourth-order valence-corrected chi connectivity index (χ4v) is 3.56. The van der Waals surface area contributed by atoms with Gasteiger partial charge in [0.15, 0.2) is 6.10 Å². The van der Waals surface area contributed by atoms with Crippen LogP contribution in [-0.4, -0.2) is 83.0 Å². The lowest BCUT2D eigenvalue weighted by Crippen LogP contribution is -2.42. The SMILES string of the molecule is CC.CC(=O)OCc1ccc(O[C@H]2C[C@@H](O)C[C@@H](C(=O)O)O2)cc1OCCCNC(=O)CN1C(=O)C=CC1=O.CCC. The number of nitrogens with one attached hydrogen (secondary N) is 1. The van der Waals surface area contributed by atoms with Crippen molar-refractivity contribution >= 4 is 29.7 Å². The van der Waals surface area contributed by atoms with Crippen molar-refractivity contribution in [2.75, 3.05) is 19.7 Å². The van der Waals surface area contributed by atoms with Crippen molar-refractivity contribution in [1.29, 1.82) is 0 Å². The fourth-order valence-electron chi connectivity index (χ4n) is 3.56. The number of rotatable bonds is 12. The molecule has 3 N–H and O–H groups in total. The van der Waals surface area contributed by atoms with E-state index >= 15 is 0 Å². The molecule has 13 nitrogen and oxygen atoms in total. The van der Waals surface area contributed by atoms with E-state index in [9.17, 15) is 34.2 Å². The van der Waals surface area contributed by atoms with Crippen LogP contribution in [0, 0.1) is 0 Å². The van der Waals surface area contributed by atoms with Gasteiger partial charge >= 0.3 is 11.9 Å². The summed E-state index contributed by atoms with van der Waals surface area (Å²) in [4.78, 5) is 58.3. The number of ether oxygens (including phenoxy) is 4. The maximum atomic E-state index is 12.0. The smallest absolute Gasteiger partial charge is 0.333 e. The number of aliphatic hydroxyl groups excluding tert-OH is 1. The minimum absolute atomic E-state index is 0.0387. The van der Waals surface area contributed by atoms with Gasteiger partial charge in [-0.25, -0.2) is 4.79 Å². The predicted octanol–water partition coefficient (Wildman–Crippen LogP) is 2.33. The molecule has 0 radical (unpaired) electrons. The Bertz CT molecular complexity index is 1070. The van der Waals surface area contributed by atoms with Gasteiger partial charge in [-0.05, 0) is 18.6 Å². The molecule has 3 rings (SSSR count). The molecular formula is C29H42N2O11. The van der Waals surface area contributed by atoms with Crippen molar-refractivity contribution in [2.24, 2.45) is 0 Å². The average Bonchev–Trinajstić information content (AvgIpc) is 3.25. The van der Waals surface area contributed by atoms with Crippen LogP contribution in [0.2, 0.25) is 0 Å². The van der Waals surface area contributed by atoms with Gasteiger partial charge in [0.05, 0.1) is 12.7 Å². The number of benzene rings is 1. The number of carboxylic acids is 1. The number of aliphatic carboxylic acids is 1. The molecule has 0 saturated carbocycles. The highest BCUT2D eigenvalue weighted by Gasteiger charge is 2.34. The molecule has 13 heteroatoms. The van der Waals surface area contributed by atoms with Gasteiger partial charge in [-0.15, -0.1) is 0 Å². The van der Waals surface area contributed by atoms with Crippen molar-refractivity contribution in [1.82, 2.24) is 10.2 Å². The summed E-state index contributed by atoms with van der Waals surface area (Å²) in [5.74, 6) is -2.65. The summed E-state index contributed by atoms with van der Waals surface area (Å²) >= 11 is 0. The number of imide groups is 1. The zero-order valence-electron chi connectivity index (χ0n) is 24.8. The van der Waals surface area contributed by atoms with E-state index in [1.807, 2.05) is 13.8 Å². The molecule has 3 atom stereocenters. The Morgan fingerprint density at radius 3 is 2.33 bits per heavy atom. The first-order chi connectivity index (χ1) is 20.0. The lowest BCUT2D eigenvalue weighted by atomic mass is 10.1. The molecule has 0 spiro atoms. The molecule has 2 aliphatic heterocycles. The van der Waals surface area contributed by atoms with Crippen LogP contribution in [0.25, 0.3) is 0 Å². The van der Waals surface area contributed by atoms with Gasteiger partial charge in [-0.1, -0.05) is 34.1 Å². The lowest BCUT2D eigenvalue weighted by molar-refractivity contribution is -0.195.